The van der Waals surface area contributed by atoms with Gasteiger partial charge in [0.25, 0.3) is 0 Å². The fourth-order valence-electron chi connectivity index (χ4n) is 2.41. The van der Waals surface area contributed by atoms with Gasteiger partial charge in [-0.2, -0.15) is 0 Å². The SMILES string of the molecule is CCOC1CC(Sc2nnc(N3CCCC3)s2)C1. The standard InChI is InChI=1S/C12H19N3OS2/c1-2-16-9-7-10(8-9)17-12-14-13-11(18-12)15-5-3-4-6-15/h9-10H,2-8H2,1H3. The third-order valence-corrected chi connectivity index (χ3v) is 5.81. The number of nitrogens with zero attached hydrogens (tertiary/aromatic N) is 3. The van der Waals surface area contributed by atoms with Crippen molar-refractivity contribution in [3.63, 3.8) is 0 Å². The molecule has 2 aliphatic rings. The zero-order chi connectivity index (χ0) is 12.4. The number of anilines is 1. The Labute approximate surface area is 116 Å². The van der Waals surface area contributed by atoms with Crippen molar-refractivity contribution in [1.82, 2.24) is 10.2 Å². The van der Waals surface area contributed by atoms with Crippen LogP contribution in [-0.2, 0) is 4.74 Å². The Hall–Kier alpha value is -0.330. The maximum absolute atomic E-state index is 5.58. The summed E-state index contributed by atoms with van der Waals surface area (Å²) in [6.07, 6.45) is 5.40. The van der Waals surface area contributed by atoms with E-state index in [2.05, 4.69) is 22.0 Å². The van der Waals surface area contributed by atoms with Gasteiger partial charge in [-0.05, 0) is 32.6 Å². The Bertz CT molecular complexity index is 386. The first-order valence-electron chi connectivity index (χ1n) is 6.72. The molecule has 2 fully saturated rings. The van der Waals surface area contributed by atoms with E-state index >= 15 is 0 Å². The molecule has 0 radical (unpaired) electrons. The van der Waals surface area contributed by atoms with Gasteiger partial charge in [0.1, 0.15) is 0 Å². The van der Waals surface area contributed by atoms with E-state index in [1.54, 1.807) is 11.3 Å². The van der Waals surface area contributed by atoms with Gasteiger partial charge in [-0.3, -0.25) is 0 Å². The Morgan fingerprint density at radius 1 is 1.33 bits per heavy atom. The fraction of sp³-hybridized carbons (Fsp3) is 0.833. The van der Waals surface area contributed by atoms with Crippen molar-refractivity contribution in [1.29, 1.82) is 0 Å². The van der Waals surface area contributed by atoms with Gasteiger partial charge in [0.05, 0.1) is 6.10 Å². The van der Waals surface area contributed by atoms with Crippen LogP contribution in [0.4, 0.5) is 5.13 Å². The molecular formula is C12H19N3OS2. The Kier molecular flexibility index (Phi) is 4.06. The summed E-state index contributed by atoms with van der Waals surface area (Å²) in [6.45, 7) is 5.19. The van der Waals surface area contributed by atoms with Gasteiger partial charge in [0, 0.05) is 24.9 Å². The molecule has 3 rings (SSSR count). The smallest absolute Gasteiger partial charge is 0.209 e. The summed E-state index contributed by atoms with van der Waals surface area (Å²) in [5.74, 6) is 0. The molecule has 0 N–H and O–H groups in total. The molecule has 1 aliphatic carbocycles. The minimum Gasteiger partial charge on any atom is -0.378 e. The summed E-state index contributed by atoms with van der Waals surface area (Å²) < 4.78 is 6.70. The van der Waals surface area contributed by atoms with E-state index in [1.807, 2.05) is 11.8 Å². The molecule has 0 atom stereocenters. The van der Waals surface area contributed by atoms with E-state index in [4.69, 9.17) is 4.74 Å². The highest BCUT2D eigenvalue weighted by molar-refractivity contribution is 8.01. The Morgan fingerprint density at radius 3 is 2.83 bits per heavy atom. The second kappa shape index (κ2) is 5.75. The molecule has 1 aliphatic heterocycles. The van der Waals surface area contributed by atoms with Crippen LogP contribution in [0.25, 0.3) is 0 Å². The van der Waals surface area contributed by atoms with Crippen molar-refractivity contribution in [3.8, 4) is 0 Å². The molecule has 6 heteroatoms. The minimum atomic E-state index is 0.485. The molecule has 4 nitrogen and oxygen atoms in total. The summed E-state index contributed by atoms with van der Waals surface area (Å²) >= 11 is 3.63. The highest BCUT2D eigenvalue weighted by atomic mass is 32.2. The van der Waals surface area contributed by atoms with Crippen LogP contribution < -0.4 is 4.90 Å². The first-order chi connectivity index (χ1) is 8.85. The van der Waals surface area contributed by atoms with Gasteiger partial charge in [0.2, 0.25) is 5.13 Å². The van der Waals surface area contributed by atoms with Gasteiger partial charge in [-0.15, -0.1) is 10.2 Å². The van der Waals surface area contributed by atoms with E-state index in [9.17, 15) is 0 Å². The monoisotopic (exact) mass is 285 g/mol. The second-order valence-corrected chi connectivity index (χ2v) is 7.34. The molecule has 1 aromatic rings. The number of ether oxygens (including phenoxy) is 1. The maximum atomic E-state index is 5.58. The quantitative estimate of drug-likeness (QED) is 0.831. The van der Waals surface area contributed by atoms with Crippen molar-refractivity contribution < 1.29 is 4.74 Å². The van der Waals surface area contributed by atoms with Crippen molar-refractivity contribution in [3.05, 3.63) is 0 Å². The summed E-state index contributed by atoms with van der Waals surface area (Å²) in [7, 11) is 0. The fourth-order valence-corrected chi connectivity index (χ4v) is 4.86. The van der Waals surface area contributed by atoms with Crippen LogP contribution in [-0.4, -0.2) is 41.2 Å². The zero-order valence-corrected chi connectivity index (χ0v) is 12.3. The van der Waals surface area contributed by atoms with Gasteiger partial charge in [-0.25, -0.2) is 0 Å². The molecule has 0 aromatic carbocycles. The van der Waals surface area contributed by atoms with Gasteiger partial charge in [-0.1, -0.05) is 23.1 Å². The number of hydrogen-bond donors (Lipinski definition) is 0. The molecule has 100 valence electrons. The topological polar surface area (TPSA) is 38.3 Å². The lowest BCUT2D eigenvalue weighted by atomic mass is 9.95. The van der Waals surface area contributed by atoms with Crippen molar-refractivity contribution in [2.75, 3.05) is 24.6 Å². The summed E-state index contributed by atoms with van der Waals surface area (Å²) in [5.41, 5.74) is 0. The summed E-state index contributed by atoms with van der Waals surface area (Å²) in [6, 6.07) is 0. The number of thioether (sulfide) groups is 1. The van der Waals surface area contributed by atoms with Crippen molar-refractivity contribution >= 4 is 28.2 Å². The van der Waals surface area contributed by atoms with E-state index in [0.29, 0.717) is 11.4 Å². The normalized spacial score (nSPS) is 27.5. The van der Waals surface area contributed by atoms with E-state index in [-0.39, 0.29) is 0 Å². The zero-order valence-electron chi connectivity index (χ0n) is 10.7. The maximum Gasteiger partial charge on any atom is 0.209 e. The summed E-state index contributed by atoms with van der Waals surface area (Å²) in [5, 5.41) is 10.4. The molecular weight excluding hydrogens is 266 g/mol. The highest BCUT2D eigenvalue weighted by Crippen LogP contribution is 2.40. The summed E-state index contributed by atoms with van der Waals surface area (Å²) in [4.78, 5) is 2.35. The molecule has 2 heterocycles. The van der Waals surface area contributed by atoms with Gasteiger partial charge < -0.3 is 9.64 Å². The number of hydrogen-bond acceptors (Lipinski definition) is 6. The molecule has 1 saturated heterocycles. The predicted octanol–water partition coefficient (Wildman–Crippen LogP) is 2.80. The highest BCUT2D eigenvalue weighted by Gasteiger charge is 2.31. The lowest BCUT2D eigenvalue weighted by Gasteiger charge is -2.33. The number of aromatic nitrogens is 2. The minimum absolute atomic E-state index is 0.485. The van der Waals surface area contributed by atoms with Crippen molar-refractivity contribution in [2.45, 2.75) is 48.3 Å². The molecule has 1 saturated carbocycles. The molecule has 0 unspecified atom stereocenters. The van der Waals surface area contributed by atoms with Crippen LogP contribution in [0.15, 0.2) is 4.34 Å². The van der Waals surface area contributed by atoms with Crippen LogP contribution in [0, 0.1) is 0 Å². The second-order valence-electron chi connectivity index (χ2n) is 4.83. The van der Waals surface area contributed by atoms with Crippen LogP contribution in [0.2, 0.25) is 0 Å². The Balaban J connectivity index is 1.49. The van der Waals surface area contributed by atoms with Crippen LogP contribution in [0.3, 0.4) is 0 Å². The van der Waals surface area contributed by atoms with Crippen LogP contribution in [0.1, 0.15) is 32.6 Å². The van der Waals surface area contributed by atoms with E-state index < -0.39 is 0 Å². The predicted molar refractivity (Wildman–Crippen MR) is 75.6 cm³/mol. The first kappa shape index (κ1) is 12.7. The Morgan fingerprint density at radius 2 is 2.11 bits per heavy atom. The molecule has 18 heavy (non-hydrogen) atoms. The third kappa shape index (κ3) is 2.81. The third-order valence-electron chi connectivity index (χ3n) is 3.49. The van der Waals surface area contributed by atoms with Crippen molar-refractivity contribution in [2.24, 2.45) is 0 Å². The average Bonchev–Trinajstić information content (AvgIpc) is 2.96. The van der Waals surface area contributed by atoms with E-state index in [0.717, 1.165) is 42.0 Å². The van der Waals surface area contributed by atoms with Crippen LogP contribution in [0.5, 0.6) is 0 Å². The lowest BCUT2D eigenvalue weighted by molar-refractivity contribution is 0.0139. The van der Waals surface area contributed by atoms with E-state index in [1.165, 1.54) is 12.8 Å². The average molecular weight is 285 g/mol. The first-order valence-corrected chi connectivity index (χ1v) is 8.41. The molecule has 0 amide bonds. The molecule has 0 bridgehead atoms. The van der Waals surface area contributed by atoms with Gasteiger partial charge >= 0.3 is 0 Å². The van der Waals surface area contributed by atoms with Crippen LogP contribution >= 0.6 is 23.1 Å². The molecule has 0 spiro atoms. The number of rotatable bonds is 5. The molecule has 1 aromatic heterocycles. The van der Waals surface area contributed by atoms with Gasteiger partial charge in [0.15, 0.2) is 4.34 Å². The largest absolute Gasteiger partial charge is 0.378 e. The lowest BCUT2D eigenvalue weighted by Crippen LogP contribution is -2.33.